The number of aromatic nitrogens is 3. The number of aryl methyl sites for hydroxylation is 1. The van der Waals surface area contributed by atoms with Crippen molar-refractivity contribution in [3.8, 4) is 0 Å². The normalized spacial score (nSPS) is 32.7. The van der Waals surface area contributed by atoms with Gasteiger partial charge in [0, 0.05) is 24.8 Å². The Hall–Kier alpha value is -1.66. The quantitative estimate of drug-likeness (QED) is 0.852. The lowest BCUT2D eigenvalue weighted by Crippen LogP contribution is -2.69. The van der Waals surface area contributed by atoms with Crippen LogP contribution in [0.5, 0.6) is 0 Å². The molecule has 1 aliphatic heterocycles. The molecule has 0 bridgehead atoms. The molecule has 4 unspecified atom stereocenters. The summed E-state index contributed by atoms with van der Waals surface area (Å²) in [6.07, 6.45) is 4.42. The zero-order valence-corrected chi connectivity index (χ0v) is 11.5. The van der Waals surface area contributed by atoms with Crippen molar-refractivity contribution >= 4 is 11.6 Å². The molecule has 20 heavy (non-hydrogen) atoms. The van der Waals surface area contributed by atoms with E-state index in [-0.39, 0.29) is 18.2 Å². The number of fused-ring (bicyclic) bond motifs is 2. The van der Waals surface area contributed by atoms with Crippen molar-refractivity contribution in [2.75, 3.05) is 11.9 Å². The second-order valence-electron chi connectivity index (χ2n) is 5.83. The van der Waals surface area contributed by atoms with E-state index in [1.165, 1.54) is 12.0 Å². The van der Waals surface area contributed by atoms with E-state index >= 15 is 0 Å². The third-order valence-electron chi connectivity index (χ3n) is 4.47. The van der Waals surface area contributed by atoms with Gasteiger partial charge in [-0.25, -0.2) is 4.52 Å². The number of ether oxygens (including phenoxy) is 1. The van der Waals surface area contributed by atoms with Crippen LogP contribution in [0.25, 0.3) is 5.65 Å². The number of rotatable bonds is 2. The summed E-state index contributed by atoms with van der Waals surface area (Å²) in [6.45, 7) is 2.88. The minimum atomic E-state index is 0.124. The predicted octanol–water partition coefficient (Wildman–Crippen LogP) is 0.954. The molecule has 3 N–H and O–H groups in total. The average Bonchev–Trinajstić information content (AvgIpc) is 2.86. The van der Waals surface area contributed by atoms with Crippen LogP contribution in [-0.4, -0.2) is 39.4 Å². The molecule has 2 aromatic heterocycles. The number of nitrogens with zero attached hydrogens (tertiary/aromatic N) is 3. The van der Waals surface area contributed by atoms with Crippen LogP contribution in [0.4, 0.5) is 5.95 Å². The van der Waals surface area contributed by atoms with Crippen molar-refractivity contribution in [1.29, 1.82) is 0 Å². The minimum Gasteiger partial charge on any atom is -0.376 e. The molecule has 106 valence electrons. The second-order valence-corrected chi connectivity index (χ2v) is 5.83. The van der Waals surface area contributed by atoms with Gasteiger partial charge in [-0.2, -0.15) is 4.98 Å². The van der Waals surface area contributed by atoms with E-state index in [1.54, 1.807) is 4.52 Å². The molecule has 4 rings (SSSR count). The summed E-state index contributed by atoms with van der Waals surface area (Å²) in [7, 11) is 0. The van der Waals surface area contributed by atoms with Gasteiger partial charge in [-0.3, -0.25) is 0 Å². The summed E-state index contributed by atoms with van der Waals surface area (Å²) in [5.41, 5.74) is 8.26. The number of pyridine rings is 1. The molecule has 2 aromatic rings. The number of nitrogens with one attached hydrogen (secondary N) is 1. The van der Waals surface area contributed by atoms with Gasteiger partial charge in [0.25, 0.3) is 0 Å². The highest BCUT2D eigenvalue weighted by Crippen LogP contribution is 2.38. The molecule has 0 radical (unpaired) electrons. The van der Waals surface area contributed by atoms with Gasteiger partial charge in [0.2, 0.25) is 5.95 Å². The number of nitrogens with two attached hydrogens (primary N) is 1. The molecule has 1 aliphatic carbocycles. The standard InChI is InChI=1S/C14H19N5O/c1-8-4-5-19-10(7-8)16-14(18-19)17-12-11(15)9-3-2-6-20-13(9)12/h4-5,7,9,11-13H,2-3,6,15H2,1H3,(H,17,18). The van der Waals surface area contributed by atoms with Gasteiger partial charge in [-0.1, -0.05) is 0 Å². The molecule has 2 fully saturated rings. The van der Waals surface area contributed by atoms with E-state index in [4.69, 9.17) is 10.5 Å². The summed E-state index contributed by atoms with van der Waals surface area (Å²) in [6, 6.07) is 4.28. The molecular weight excluding hydrogens is 254 g/mol. The van der Waals surface area contributed by atoms with Gasteiger partial charge in [0.15, 0.2) is 5.65 Å². The maximum Gasteiger partial charge on any atom is 0.243 e. The zero-order valence-electron chi connectivity index (χ0n) is 11.5. The van der Waals surface area contributed by atoms with Crippen LogP contribution >= 0.6 is 0 Å². The Labute approximate surface area is 117 Å². The molecular formula is C14H19N5O. The molecule has 1 saturated carbocycles. The Morgan fingerprint density at radius 2 is 2.40 bits per heavy atom. The van der Waals surface area contributed by atoms with Crippen molar-refractivity contribution < 1.29 is 4.74 Å². The number of hydrogen-bond donors (Lipinski definition) is 2. The van der Waals surface area contributed by atoms with Gasteiger partial charge < -0.3 is 15.8 Å². The van der Waals surface area contributed by atoms with Gasteiger partial charge >= 0.3 is 0 Å². The van der Waals surface area contributed by atoms with E-state index in [9.17, 15) is 0 Å². The Kier molecular flexibility index (Phi) is 2.68. The van der Waals surface area contributed by atoms with Crippen LogP contribution in [0.1, 0.15) is 18.4 Å². The largest absolute Gasteiger partial charge is 0.376 e. The monoisotopic (exact) mass is 273 g/mol. The molecule has 2 aliphatic rings. The minimum absolute atomic E-state index is 0.124. The van der Waals surface area contributed by atoms with Crippen LogP contribution in [0.2, 0.25) is 0 Å². The van der Waals surface area contributed by atoms with Gasteiger partial charge in [-0.05, 0) is 37.5 Å². The maximum atomic E-state index is 6.24. The Morgan fingerprint density at radius 3 is 3.30 bits per heavy atom. The fraction of sp³-hybridized carbons (Fsp3) is 0.571. The van der Waals surface area contributed by atoms with Crippen molar-refractivity contribution in [1.82, 2.24) is 14.6 Å². The van der Waals surface area contributed by atoms with Crippen molar-refractivity contribution in [2.45, 2.75) is 38.0 Å². The van der Waals surface area contributed by atoms with Crippen LogP contribution in [0.3, 0.4) is 0 Å². The third kappa shape index (κ3) is 1.79. The molecule has 3 heterocycles. The van der Waals surface area contributed by atoms with Crippen molar-refractivity contribution in [2.24, 2.45) is 11.7 Å². The second kappa shape index (κ2) is 4.43. The third-order valence-corrected chi connectivity index (χ3v) is 4.47. The van der Waals surface area contributed by atoms with E-state index in [1.807, 2.05) is 25.3 Å². The first kappa shape index (κ1) is 12.1. The van der Waals surface area contributed by atoms with Crippen molar-refractivity contribution in [3.63, 3.8) is 0 Å². The fourth-order valence-electron chi connectivity index (χ4n) is 3.32. The van der Waals surface area contributed by atoms with Crippen LogP contribution < -0.4 is 11.1 Å². The molecule has 0 amide bonds. The Balaban J connectivity index is 1.55. The molecule has 6 heteroatoms. The van der Waals surface area contributed by atoms with Crippen LogP contribution in [-0.2, 0) is 4.74 Å². The van der Waals surface area contributed by atoms with Gasteiger partial charge in [-0.15, -0.1) is 5.10 Å². The first-order valence-electron chi connectivity index (χ1n) is 7.19. The number of anilines is 1. The lowest BCUT2D eigenvalue weighted by molar-refractivity contribution is -0.104. The lowest BCUT2D eigenvalue weighted by atomic mass is 9.69. The molecule has 0 aromatic carbocycles. The first-order chi connectivity index (χ1) is 9.72. The Morgan fingerprint density at radius 1 is 1.50 bits per heavy atom. The number of hydrogen-bond acceptors (Lipinski definition) is 5. The van der Waals surface area contributed by atoms with Crippen LogP contribution in [0, 0.1) is 12.8 Å². The zero-order chi connectivity index (χ0) is 13.7. The van der Waals surface area contributed by atoms with Crippen LogP contribution in [0.15, 0.2) is 18.3 Å². The molecule has 1 saturated heterocycles. The summed E-state index contributed by atoms with van der Waals surface area (Å²) in [4.78, 5) is 4.50. The first-order valence-corrected chi connectivity index (χ1v) is 7.19. The fourth-order valence-corrected chi connectivity index (χ4v) is 3.32. The highest BCUT2D eigenvalue weighted by atomic mass is 16.5. The maximum absolute atomic E-state index is 6.24. The van der Waals surface area contributed by atoms with Gasteiger partial charge in [0.1, 0.15) is 0 Å². The summed E-state index contributed by atoms with van der Waals surface area (Å²) < 4.78 is 7.60. The predicted molar refractivity (Wildman–Crippen MR) is 75.6 cm³/mol. The Bertz CT molecular complexity index is 640. The van der Waals surface area contributed by atoms with E-state index in [0.717, 1.165) is 18.7 Å². The molecule has 0 spiro atoms. The lowest BCUT2D eigenvalue weighted by Gasteiger charge is -2.52. The van der Waals surface area contributed by atoms with E-state index in [2.05, 4.69) is 15.4 Å². The highest BCUT2D eigenvalue weighted by Gasteiger charge is 2.50. The smallest absolute Gasteiger partial charge is 0.243 e. The van der Waals surface area contributed by atoms with Crippen molar-refractivity contribution in [3.05, 3.63) is 23.9 Å². The highest BCUT2D eigenvalue weighted by molar-refractivity contribution is 5.46. The van der Waals surface area contributed by atoms with E-state index in [0.29, 0.717) is 11.9 Å². The van der Waals surface area contributed by atoms with Gasteiger partial charge in [0.05, 0.1) is 12.1 Å². The molecule has 4 atom stereocenters. The summed E-state index contributed by atoms with van der Waals surface area (Å²) >= 11 is 0. The molecule has 6 nitrogen and oxygen atoms in total. The topological polar surface area (TPSA) is 77.5 Å². The van der Waals surface area contributed by atoms with E-state index < -0.39 is 0 Å². The summed E-state index contributed by atoms with van der Waals surface area (Å²) in [5.74, 6) is 1.11. The average molecular weight is 273 g/mol. The SMILES string of the molecule is Cc1ccn2nc(NC3C(N)C4CCCOC43)nc2c1. The summed E-state index contributed by atoms with van der Waals surface area (Å²) in [5, 5.41) is 7.77.